The SMILES string of the molecule is CN1CCN(CCN2CCOc3cc([N+](=O)[O-])ccc32)CC1. The molecule has 2 aliphatic rings. The zero-order valence-electron chi connectivity index (χ0n) is 12.9. The molecule has 0 aromatic heterocycles. The summed E-state index contributed by atoms with van der Waals surface area (Å²) < 4.78 is 5.58. The van der Waals surface area contributed by atoms with E-state index in [0.29, 0.717) is 12.4 Å². The Kier molecular flexibility index (Phi) is 4.44. The largest absolute Gasteiger partial charge is 0.489 e. The van der Waals surface area contributed by atoms with Crippen LogP contribution >= 0.6 is 0 Å². The molecule has 22 heavy (non-hydrogen) atoms. The fourth-order valence-corrected chi connectivity index (χ4v) is 2.95. The number of anilines is 1. The molecule has 0 N–H and O–H groups in total. The van der Waals surface area contributed by atoms with E-state index in [-0.39, 0.29) is 10.6 Å². The molecule has 0 saturated carbocycles. The van der Waals surface area contributed by atoms with Crippen LogP contribution in [0.5, 0.6) is 5.75 Å². The zero-order valence-corrected chi connectivity index (χ0v) is 12.9. The van der Waals surface area contributed by atoms with Crippen LogP contribution in [0.1, 0.15) is 0 Å². The first-order valence-corrected chi connectivity index (χ1v) is 7.70. The molecular weight excluding hydrogens is 284 g/mol. The molecule has 1 saturated heterocycles. The normalized spacial score (nSPS) is 19.6. The van der Waals surface area contributed by atoms with Crippen molar-refractivity contribution >= 4 is 11.4 Å². The monoisotopic (exact) mass is 306 g/mol. The molecule has 7 heteroatoms. The number of fused-ring (bicyclic) bond motifs is 1. The maximum absolute atomic E-state index is 10.9. The van der Waals surface area contributed by atoms with Crippen molar-refractivity contribution in [2.45, 2.75) is 0 Å². The second kappa shape index (κ2) is 6.50. The number of rotatable bonds is 4. The summed E-state index contributed by atoms with van der Waals surface area (Å²) in [5, 5.41) is 10.9. The Labute approximate surface area is 130 Å². The van der Waals surface area contributed by atoms with Crippen molar-refractivity contribution in [2.75, 3.05) is 64.4 Å². The van der Waals surface area contributed by atoms with E-state index in [4.69, 9.17) is 4.74 Å². The predicted octanol–water partition coefficient (Wildman–Crippen LogP) is 1.04. The third-order valence-corrected chi connectivity index (χ3v) is 4.40. The van der Waals surface area contributed by atoms with Gasteiger partial charge in [-0.2, -0.15) is 0 Å². The van der Waals surface area contributed by atoms with Crippen molar-refractivity contribution in [3.63, 3.8) is 0 Å². The average Bonchev–Trinajstić information content (AvgIpc) is 2.53. The highest BCUT2D eigenvalue weighted by molar-refractivity contribution is 5.63. The molecule has 0 amide bonds. The first-order valence-electron chi connectivity index (χ1n) is 7.70. The van der Waals surface area contributed by atoms with E-state index in [2.05, 4.69) is 21.7 Å². The van der Waals surface area contributed by atoms with E-state index < -0.39 is 0 Å². The molecule has 2 heterocycles. The van der Waals surface area contributed by atoms with Gasteiger partial charge in [0, 0.05) is 45.3 Å². The van der Waals surface area contributed by atoms with Crippen LogP contribution < -0.4 is 9.64 Å². The molecule has 0 bridgehead atoms. The molecular formula is C15H22N4O3. The van der Waals surface area contributed by atoms with Crippen molar-refractivity contribution in [3.8, 4) is 5.75 Å². The summed E-state index contributed by atoms with van der Waals surface area (Å²) in [5.41, 5.74) is 1.05. The lowest BCUT2D eigenvalue weighted by Crippen LogP contribution is -2.47. The summed E-state index contributed by atoms with van der Waals surface area (Å²) in [7, 11) is 2.16. The van der Waals surface area contributed by atoms with Crippen LogP contribution in [0.4, 0.5) is 11.4 Å². The summed E-state index contributed by atoms with van der Waals surface area (Å²) in [6, 6.07) is 4.88. The maximum atomic E-state index is 10.9. The van der Waals surface area contributed by atoms with Crippen molar-refractivity contribution < 1.29 is 9.66 Å². The second-order valence-electron chi connectivity index (χ2n) is 5.89. The van der Waals surface area contributed by atoms with Gasteiger partial charge in [0.25, 0.3) is 5.69 Å². The number of likely N-dealkylation sites (N-methyl/N-ethyl adjacent to an activating group) is 1. The van der Waals surface area contributed by atoms with Gasteiger partial charge in [-0.1, -0.05) is 0 Å². The number of piperazine rings is 1. The Morgan fingerprint density at radius 3 is 2.68 bits per heavy atom. The van der Waals surface area contributed by atoms with Crippen molar-refractivity contribution in [1.29, 1.82) is 0 Å². The lowest BCUT2D eigenvalue weighted by molar-refractivity contribution is -0.384. The van der Waals surface area contributed by atoms with Gasteiger partial charge in [-0.3, -0.25) is 15.0 Å². The topological polar surface area (TPSA) is 62.1 Å². The van der Waals surface area contributed by atoms with E-state index in [0.717, 1.165) is 51.5 Å². The summed E-state index contributed by atoms with van der Waals surface area (Å²) in [4.78, 5) is 17.6. The van der Waals surface area contributed by atoms with Crippen molar-refractivity contribution in [2.24, 2.45) is 0 Å². The maximum Gasteiger partial charge on any atom is 0.273 e. The lowest BCUT2D eigenvalue weighted by atomic mass is 10.2. The molecule has 1 aromatic carbocycles. The number of hydrogen-bond donors (Lipinski definition) is 0. The first kappa shape index (κ1) is 15.1. The Balaban J connectivity index is 1.63. The highest BCUT2D eigenvalue weighted by Gasteiger charge is 2.22. The molecule has 120 valence electrons. The molecule has 0 atom stereocenters. The van der Waals surface area contributed by atoms with E-state index in [1.54, 1.807) is 12.1 Å². The van der Waals surface area contributed by atoms with Gasteiger partial charge in [0.2, 0.25) is 0 Å². The van der Waals surface area contributed by atoms with Crippen molar-refractivity contribution in [3.05, 3.63) is 28.3 Å². The smallest absolute Gasteiger partial charge is 0.273 e. The Bertz CT molecular complexity index is 544. The number of non-ortho nitro benzene ring substituents is 1. The van der Waals surface area contributed by atoms with Gasteiger partial charge in [-0.25, -0.2) is 0 Å². The van der Waals surface area contributed by atoms with Gasteiger partial charge >= 0.3 is 0 Å². The van der Waals surface area contributed by atoms with Crippen LogP contribution in [0.2, 0.25) is 0 Å². The average molecular weight is 306 g/mol. The van der Waals surface area contributed by atoms with Gasteiger partial charge in [0.1, 0.15) is 12.4 Å². The fraction of sp³-hybridized carbons (Fsp3) is 0.600. The van der Waals surface area contributed by atoms with E-state index in [9.17, 15) is 10.1 Å². The van der Waals surface area contributed by atoms with Crippen LogP contribution in [-0.2, 0) is 0 Å². The molecule has 2 aliphatic heterocycles. The van der Waals surface area contributed by atoms with Crippen LogP contribution in [0.3, 0.4) is 0 Å². The molecule has 0 spiro atoms. The zero-order chi connectivity index (χ0) is 15.5. The molecule has 1 aromatic rings. The van der Waals surface area contributed by atoms with Gasteiger partial charge in [0.15, 0.2) is 0 Å². The highest BCUT2D eigenvalue weighted by atomic mass is 16.6. The second-order valence-corrected chi connectivity index (χ2v) is 5.89. The highest BCUT2D eigenvalue weighted by Crippen LogP contribution is 2.34. The summed E-state index contributed by atoms with van der Waals surface area (Å²) in [6.07, 6.45) is 0. The molecule has 0 aliphatic carbocycles. The quantitative estimate of drug-likeness (QED) is 0.612. The molecule has 0 radical (unpaired) electrons. The van der Waals surface area contributed by atoms with Crippen molar-refractivity contribution in [1.82, 2.24) is 9.80 Å². The summed E-state index contributed by atoms with van der Waals surface area (Å²) in [6.45, 7) is 7.80. The predicted molar refractivity (Wildman–Crippen MR) is 84.7 cm³/mol. The molecule has 0 unspecified atom stereocenters. The molecule has 7 nitrogen and oxygen atoms in total. The number of hydrogen-bond acceptors (Lipinski definition) is 6. The van der Waals surface area contributed by atoms with Crippen LogP contribution in [0.25, 0.3) is 0 Å². The Morgan fingerprint density at radius 1 is 1.18 bits per heavy atom. The third kappa shape index (κ3) is 3.31. The van der Waals surface area contributed by atoms with Gasteiger partial charge in [-0.15, -0.1) is 0 Å². The fourth-order valence-electron chi connectivity index (χ4n) is 2.95. The number of nitrogens with zero attached hydrogens (tertiary/aromatic N) is 4. The van der Waals surface area contributed by atoms with E-state index in [1.807, 2.05) is 0 Å². The Hall–Kier alpha value is -1.86. The minimum Gasteiger partial charge on any atom is -0.489 e. The summed E-state index contributed by atoms with van der Waals surface area (Å²) >= 11 is 0. The molecule has 1 fully saturated rings. The summed E-state index contributed by atoms with van der Waals surface area (Å²) in [5.74, 6) is 0.624. The minimum absolute atomic E-state index is 0.0830. The first-order chi connectivity index (χ1) is 10.6. The number of ether oxygens (including phenoxy) is 1. The number of benzene rings is 1. The van der Waals surface area contributed by atoms with Crippen LogP contribution in [-0.4, -0.2) is 74.2 Å². The van der Waals surface area contributed by atoms with E-state index in [1.165, 1.54) is 6.07 Å². The number of nitro benzene ring substituents is 1. The van der Waals surface area contributed by atoms with Crippen LogP contribution in [0.15, 0.2) is 18.2 Å². The Morgan fingerprint density at radius 2 is 1.95 bits per heavy atom. The van der Waals surface area contributed by atoms with Gasteiger partial charge < -0.3 is 14.5 Å². The van der Waals surface area contributed by atoms with Gasteiger partial charge in [0.05, 0.1) is 23.2 Å². The van der Waals surface area contributed by atoms with Gasteiger partial charge in [-0.05, 0) is 13.1 Å². The number of nitro groups is 1. The standard InChI is InChI=1S/C15H22N4O3/c1-16-4-6-17(7-5-16)8-9-18-10-11-22-15-12-13(19(20)21)2-3-14(15)18/h2-3,12H,4-11H2,1H3. The molecule has 3 rings (SSSR count). The van der Waals surface area contributed by atoms with Crippen LogP contribution in [0, 0.1) is 10.1 Å². The third-order valence-electron chi connectivity index (χ3n) is 4.40. The minimum atomic E-state index is -0.382. The van der Waals surface area contributed by atoms with E-state index >= 15 is 0 Å². The lowest BCUT2D eigenvalue weighted by Gasteiger charge is -2.36.